The minimum absolute atomic E-state index is 0.394. The average molecular weight is 481 g/mol. The maximum atomic E-state index is 13.0. The van der Waals surface area contributed by atoms with Gasteiger partial charge in [-0.1, -0.05) is 23.2 Å². The second-order valence-corrected chi connectivity index (χ2v) is 7.33. The molecule has 0 aliphatic carbocycles. The van der Waals surface area contributed by atoms with Crippen LogP contribution in [0.5, 0.6) is 0 Å². The van der Waals surface area contributed by atoms with Gasteiger partial charge in [0.15, 0.2) is 16.5 Å². The fourth-order valence-electron chi connectivity index (χ4n) is 2.15. The number of nitrogens with two attached hydrogens (primary N) is 1. The molecule has 1 aromatic heterocycles. The van der Waals surface area contributed by atoms with E-state index in [1.807, 2.05) is 0 Å². The molecule has 158 valence electrons. The molecule has 1 atom stereocenters. The van der Waals surface area contributed by atoms with Crippen LogP contribution in [-0.4, -0.2) is 26.2 Å². The van der Waals surface area contributed by atoms with Gasteiger partial charge in [-0.15, -0.1) is 0 Å². The van der Waals surface area contributed by atoms with Crippen LogP contribution in [0.15, 0.2) is 17.0 Å². The van der Waals surface area contributed by atoms with Crippen LogP contribution in [0.1, 0.15) is 11.3 Å². The lowest BCUT2D eigenvalue weighted by atomic mass is 10.2. The third kappa shape index (κ3) is 4.75. The number of hydrazine groups is 1. The molecule has 0 bridgehead atoms. The van der Waals surface area contributed by atoms with Crippen molar-refractivity contribution >= 4 is 39.8 Å². The van der Waals surface area contributed by atoms with E-state index < -0.39 is 66.9 Å². The van der Waals surface area contributed by atoms with Crippen LogP contribution in [0.25, 0.3) is 5.69 Å². The minimum Gasteiger partial charge on any atom is -0.355 e. The molecule has 29 heavy (non-hydrogen) atoms. The van der Waals surface area contributed by atoms with Gasteiger partial charge in [0.1, 0.15) is 22.5 Å². The van der Waals surface area contributed by atoms with E-state index >= 15 is 0 Å². The normalized spacial score (nSPS) is 13.2. The number of anilines is 1. The first-order chi connectivity index (χ1) is 13.3. The van der Waals surface area contributed by atoms with Crippen molar-refractivity contribution < 1.29 is 30.6 Å². The SMILES string of the molecule is N#Cc1nn(-c2c(Cl)cc(C(F)(F)F)cc2Cl)c(NCNN)c1S(=O)C(F)(F)F. The predicted octanol–water partition coefficient (Wildman–Crippen LogP) is 3.53. The Bertz CT molecular complexity index is 976. The van der Waals surface area contributed by atoms with E-state index in [2.05, 4.69) is 15.8 Å². The summed E-state index contributed by atoms with van der Waals surface area (Å²) in [7, 11) is -3.71. The lowest BCUT2D eigenvalue weighted by Gasteiger charge is -2.16. The summed E-state index contributed by atoms with van der Waals surface area (Å²) in [5.74, 6) is 4.41. The average Bonchev–Trinajstić information content (AvgIpc) is 2.94. The van der Waals surface area contributed by atoms with Crippen LogP contribution >= 0.6 is 23.2 Å². The van der Waals surface area contributed by atoms with Crippen LogP contribution in [-0.2, 0) is 17.0 Å². The van der Waals surface area contributed by atoms with Gasteiger partial charge in [-0.2, -0.15) is 36.7 Å². The fourth-order valence-corrected chi connectivity index (χ4v) is 3.63. The van der Waals surface area contributed by atoms with Gasteiger partial charge in [-0.05, 0) is 12.1 Å². The van der Waals surface area contributed by atoms with Crippen molar-refractivity contribution in [3.05, 3.63) is 33.4 Å². The maximum Gasteiger partial charge on any atom is 0.476 e. The van der Waals surface area contributed by atoms with Crippen molar-refractivity contribution in [1.82, 2.24) is 15.2 Å². The molecular weight excluding hydrogens is 473 g/mol. The van der Waals surface area contributed by atoms with Gasteiger partial charge in [0, 0.05) is 0 Å². The summed E-state index contributed by atoms with van der Waals surface area (Å²) in [6.45, 7) is -0.394. The van der Waals surface area contributed by atoms with Crippen LogP contribution in [0, 0.1) is 11.3 Å². The van der Waals surface area contributed by atoms with Crippen LogP contribution in [0.2, 0.25) is 10.0 Å². The lowest BCUT2D eigenvalue weighted by Crippen LogP contribution is -2.30. The number of hydrogen-bond acceptors (Lipinski definition) is 6. The Morgan fingerprint density at radius 1 is 1.21 bits per heavy atom. The molecule has 0 saturated heterocycles. The summed E-state index contributed by atoms with van der Waals surface area (Å²) in [6.07, 6.45) is -4.80. The minimum atomic E-state index is -5.26. The van der Waals surface area contributed by atoms with Gasteiger partial charge >= 0.3 is 11.7 Å². The fraction of sp³-hybridized carbons (Fsp3) is 0.231. The number of hydrogen-bond donors (Lipinski definition) is 3. The molecule has 0 fully saturated rings. The first kappa shape index (κ1) is 23.2. The monoisotopic (exact) mass is 480 g/mol. The molecule has 0 radical (unpaired) electrons. The molecule has 1 aromatic carbocycles. The van der Waals surface area contributed by atoms with Crippen molar-refractivity contribution in [2.24, 2.45) is 5.84 Å². The quantitative estimate of drug-likeness (QED) is 0.261. The Kier molecular flexibility index (Phi) is 6.70. The molecule has 1 unspecified atom stereocenters. The van der Waals surface area contributed by atoms with E-state index in [9.17, 15) is 30.6 Å². The van der Waals surface area contributed by atoms with Crippen LogP contribution < -0.4 is 16.6 Å². The molecule has 2 rings (SSSR count). The molecule has 0 aliphatic heterocycles. The molecule has 2 aromatic rings. The highest BCUT2D eigenvalue weighted by Gasteiger charge is 2.43. The highest BCUT2D eigenvalue weighted by molar-refractivity contribution is 7.86. The lowest BCUT2D eigenvalue weighted by molar-refractivity contribution is -0.137. The summed E-state index contributed by atoms with van der Waals surface area (Å²) >= 11 is 11.7. The number of halogens is 8. The molecule has 4 N–H and O–H groups in total. The Hall–Kier alpha value is -2.05. The number of nitrogens with zero attached hydrogens (tertiary/aromatic N) is 3. The van der Waals surface area contributed by atoms with Gasteiger partial charge in [-0.3, -0.25) is 5.84 Å². The predicted molar refractivity (Wildman–Crippen MR) is 91.6 cm³/mol. The van der Waals surface area contributed by atoms with E-state index in [0.717, 1.165) is 0 Å². The van der Waals surface area contributed by atoms with Crippen LogP contribution in [0.3, 0.4) is 0 Å². The Morgan fingerprint density at radius 3 is 2.17 bits per heavy atom. The zero-order valence-electron chi connectivity index (χ0n) is 13.6. The summed E-state index contributed by atoms with van der Waals surface area (Å²) < 4.78 is 90.2. The summed E-state index contributed by atoms with van der Waals surface area (Å²) in [4.78, 5) is -1.07. The molecular formula is C13H8Cl2F6N6OS. The number of aromatic nitrogens is 2. The Labute approximate surface area is 170 Å². The maximum absolute atomic E-state index is 13.0. The van der Waals surface area contributed by atoms with Crippen molar-refractivity contribution in [3.8, 4) is 11.8 Å². The van der Waals surface area contributed by atoms with Gasteiger partial charge in [0.05, 0.1) is 22.3 Å². The van der Waals surface area contributed by atoms with Gasteiger partial charge in [-0.25, -0.2) is 14.3 Å². The molecule has 0 aliphatic rings. The van der Waals surface area contributed by atoms with Gasteiger partial charge in [0.2, 0.25) is 0 Å². The third-order valence-electron chi connectivity index (χ3n) is 3.26. The highest BCUT2D eigenvalue weighted by Crippen LogP contribution is 2.40. The Morgan fingerprint density at radius 2 is 1.76 bits per heavy atom. The molecule has 16 heteroatoms. The zero-order valence-corrected chi connectivity index (χ0v) is 15.9. The van der Waals surface area contributed by atoms with Crippen molar-refractivity contribution in [2.45, 2.75) is 16.6 Å². The number of benzene rings is 1. The van der Waals surface area contributed by atoms with E-state index in [-0.39, 0.29) is 0 Å². The van der Waals surface area contributed by atoms with Gasteiger partial charge < -0.3 is 5.32 Å². The smallest absolute Gasteiger partial charge is 0.355 e. The second kappa shape index (κ2) is 8.36. The first-order valence-corrected chi connectivity index (χ1v) is 8.99. The van der Waals surface area contributed by atoms with E-state index in [1.165, 1.54) is 6.07 Å². The number of nitrogens with one attached hydrogen (secondary N) is 2. The highest BCUT2D eigenvalue weighted by atomic mass is 35.5. The molecule has 0 saturated carbocycles. The zero-order chi connectivity index (χ0) is 22.1. The van der Waals surface area contributed by atoms with E-state index in [4.69, 9.17) is 34.3 Å². The molecule has 0 amide bonds. The summed E-state index contributed by atoms with van der Waals surface area (Å²) in [5, 5.41) is 13.8. The van der Waals surface area contributed by atoms with Crippen molar-refractivity contribution in [1.29, 1.82) is 5.26 Å². The summed E-state index contributed by atoms with van der Waals surface area (Å²) in [5.41, 5.74) is -5.81. The first-order valence-electron chi connectivity index (χ1n) is 7.08. The number of nitriles is 1. The van der Waals surface area contributed by atoms with E-state index in [1.54, 1.807) is 0 Å². The topological polar surface area (TPSA) is 109 Å². The van der Waals surface area contributed by atoms with E-state index in [0.29, 0.717) is 16.8 Å². The van der Waals surface area contributed by atoms with Crippen molar-refractivity contribution in [3.63, 3.8) is 0 Å². The largest absolute Gasteiger partial charge is 0.476 e. The molecule has 7 nitrogen and oxygen atoms in total. The second-order valence-electron chi connectivity index (χ2n) is 5.11. The molecule has 0 spiro atoms. The molecule has 1 heterocycles. The summed E-state index contributed by atoms with van der Waals surface area (Å²) in [6, 6.07) is 2.30. The van der Waals surface area contributed by atoms with Crippen LogP contribution in [0.4, 0.5) is 32.2 Å². The van der Waals surface area contributed by atoms with Crippen molar-refractivity contribution in [2.75, 3.05) is 12.0 Å². The van der Waals surface area contributed by atoms with Gasteiger partial charge in [0.25, 0.3) is 0 Å². The third-order valence-corrected chi connectivity index (χ3v) is 5.01. The Balaban J connectivity index is 2.82. The standard InChI is InChI=1S/C13H8Cl2F6N6OS/c14-6-1-5(12(16,17)18)2-7(15)9(6)27-11(24-4-25-23)10(8(3-22)26-27)29(28)13(19,20)21/h1-2,24-25H,4,23H2. The number of alkyl halides is 6. The number of rotatable bonds is 5.